The van der Waals surface area contributed by atoms with E-state index >= 15 is 0 Å². The number of hydrogen-bond acceptors (Lipinski definition) is 4. The Morgan fingerprint density at radius 3 is 1.97 bits per heavy atom. The average Bonchev–Trinajstić information content (AvgIpc) is 3.35. The quantitative estimate of drug-likeness (QED) is 0.645. The monoisotopic (exact) mass is 494 g/mol. The molecular weight excluding hydrogens is 463 g/mol. The molecule has 7 nitrogen and oxygen atoms in total. The van der Waals surface area contributed by atoms with Crippen molar-refractivity contribution >= 4 is 40.9 Å². The van der Waals surface area contributed by atoms with Crippen LogP contribution in [0.3, 0.4) is 0 Å². The van der Waals surface area contributed by atoms with Crippen LogP contribution in [0, 0.1) is 5.92 Å². The van der Waals surface area contributed by atoms with Crippen LogP contribution < -0.4 is 0 Å². The van der Waals surface area contributed by atoms with E-state index in [1.807, 2.05) is 14.7 Å². The Kier molecular flexibility index (Phi) is 7.82. The van der Waals surface area contributed by atoms with Crippen molar-refractivity contribution in [2.24, 2.45) is 5.92 Å². The Labute approximate surface area is 205 Å². The number of rotatable bonds is 4. The van der Waals surface area contributed by atoms with Crippen LogP contribution in [0.4, 0.5) is 0 Å². The topological polar surface area (TPSA) is 64.2 Å². The second-order valence-electron chi connectivity index (χ2n) is 9.28. The summed E-state index contributed by atoms with van der Waals surface area (Å²) in [6, 6.07) is 4.82. The SMILES string of the molecule is CC(=O)N1CCN(C(=O)[C@H](C2CCCC2)N2CCN(C(=O)c3ccc(Cl)c(Cl)c3)CC2)CC1. The van der Waals surface area contributed by atoms with Crippen LogP contribution in [0.25, 0.3) is 0 Å². The van der Waals surface area contributed by atoms with E-state index in [1.54, 1.807) is 25.1 Å². The lowest BCUT2D eigenvalue weighted by Crippen LogP contribution is -2.60. The van der Waals surface area contributed by atoms with Crippen LogP contribution in [0.5, 0.6) is 0 Å². The number of hydrogen-bond donors (Lipinski definition) is 0. The molecule has 0 radical (unpaired) electrons. The van der Waals surface area contributed by atoms with Gasteiger partial charge in [0, 0.05) is 64.8 Å². The molecule has 1 aromatic carbocycles. The molecule has 0 unspecified atom stereocenters. The lowest BCUT2D eigenvalue weighted by molar-refractivity contribution is -0.144. The standard InChI is InChI=1S/C24H32Cl2N4O3/c1-17(31)27-8-12-30(13-9-27)24(33)22(18-4-2-3-5-18)28-10-14-29(15-11-28)23(32)19-6-7-20(25)21(26)16-19/h6-7,16,18,22H,2-5,8-15H2,1H3/t22-/m0/s1. The first-order chi connectivity index (χ1) is 15.8. The number of halogens is 2. The van der Waals surface area contributed by atoms with Gasteiger partial charge in [0.05, 0.1) is 16.1 Å². The molecule has 3 amide bonds. The van der Waals surface area contributed by atoms with Crippen molar-refractivity contribution in [3.8, 4) is 0 Å². The maximum Gasteiger partial charge on any atom is 0.253 e. The van der Waals surface area contributed by atoms with E-state index in [1.165, 1.54) is 12.8 Å². The lowest BCUT2D eigenvalue weighted by atomic mass is 9.94. The van der Waals surface area contributed by atoms with E-state index in [0.29, 0.717) is 73.9 Å². The minimum atomic E-state index is -0.140. The molecule has 2 saturated heterocycles. The number of nitrogens with zero attached hydrogens (tertiary/aromatic N) is 4. The summed E-state index contributed by atoms with van der Waals surface area (Å²) in [4.78, 5) is 46.1. The van der Waals surface area contributed by atoms with Gasteiger partial charge < -0.3 is 14.7 Å². The predicted octanol–water partition coefficient (Wildman–Crippen LogP) is 3.00. The highest BCUT2D eigenvalue weighted by Gasteiger charge is 2.40. The molecule has 3 fully saturated rings. The zero-order valence-corrected chi connectivity index (χ0v) is 20.7. The molecule has 0 N–H and O–H groups in total. The van der Waals surface area contributed by atoms with E-state index in [2.05, 4.69) is 4.90 Å². The molecule has 1 atom stereocenters. The van der Waals surface area contributed by atoms with E-state index < -0.39 is 0 Å². The van der Waals surface area contributed by atoms with Gasteiger partial charge in [0.2, 0.25) is 11.8 Å². The fourth-order valence-electron chi connectivity index (χ4n) is 5.37. The van der Waals surface area contributed by atoms with Crippen molar-refractivity contribution < 1.29 is 14.4 Å². The Morgan fingerprint density at radius 1 is 0.818 bits per heavy atom. The maximum atomic E-state index is 13.6. The van der Waals surface area contributed by atoms with Gasteiger partial charge in [0.1, 0.15) is 0 Å². The second kappa shape index (κ2) is 10.6. The summed E-state index contributed by atoms with van der Waals surface area (Å²) in [6.07, 6.45) is 4.49. The molecule has 0 spiro atoms. The van der Waals surface area contributed by atoms with Crippen LogP contribution in [0.1, 0.15) is 43.0 Å². The van der Waals surface area contributed by atoms with Gasteiger partial charge in [-0.25, -0.2) is 0 Å². The van der Waals surface area contributed by atoms with Crippen LogP contribution in [0.15, 0.2) is 18.2 Å². The van der Waals surface area contributed by atoms with Crippen molar-refractivity contribution in [2.75, 3.05) is 52.4 Å². The fourth-order valence-corrected chi connectivity index (χ4v) is 5.67. The maximum absolute atomic E-state index is 13.6. The smallest absolute Gasteiger partial charge is 0.253 e. The molecule has 1 aliphatic carbocycles. The molecule has 0 aromatic heterocycles. The van der Waals surface area contributed by atoms with E-state index in [-0.39, 0.29) is 23.8 Å². The average molecular weight is 495 g/mol. The van der Waals surface area contributed by atoms with E-state index in [0.717, 1.165) is 12.8 Å². The third-order valence-electron chi connectivity index (χ3n) is 7.30. The normalized spacial score (nSPS) is 21.4. The van der Waals surface area contributed by atoms with Crippen molar-refractivity contribution in [1.82, 2.24) is 19.6 Å². The third-order valence-corrected chi connectivity index (χ3v) is 8.04. The van der Waals surface area contributed by atoms with Crippen LogP contribution in [-0.4, -0.2) is 95.7 Å². The summed E-state index contributed by atoms with van der Waals surface area (Å²) in [6.45, 7) is 6.48. The number of amides is 3. The molecule has 33 heavy (non-hydrogen) atoms. The van der Waals surface area contributed by atoms with E-state index in [4.69, 9.17) is 23.2 Å². The van der Waals surface area contributed by atoms with Crippen molar-refractivity contribution in [2.45, 2.75) is 38.6 Å². The summed E-state index contributed by atoms with van der Waals surface area (Å²) in [7, 11) is 0. The zero-order valence-electron chi connectivity index (χ0n) is 19.1. The fraction of sp³-hybridized carbons (Fsp3) is 0.625. The highest BCUT2D eigenvalue weighted by molar-refractivity contribution is 6.42. The van der Waals surface area contributed by atoms with Gasteiger partial charge in [0.15, 0.2) is 0 Å². The first-order valence-corrected chi connectivity index (χ1v) is 12.6. The number of carbonyl (C=O) groups is 3. The predicted molar refractivity (Wildman–Crippen MR) is 129 cm³/mol. The van der Waals surface area contributed by atoms with Crippen LogP contribution in [-0.2, 0) is 9.59 Å². The molecule has 9 heteroatoms. The van der Waals surface area contributed by atoms with Crippen LogP contribution >= 0.6 is 23.2 Å². The number of piperazine rings is 2. The largest absolute Gasteiger partial charge is 0.339 e. The zero-order chi connectivity index (χ0) is 23.5. The Morgan fingerprint density at radius 2 is 1.39 bits per heavy atom. The van der Waals surface area contributed by atoms with Gasteiger partial charge in [0.25, 0.3) is 5.91 Å². The second-order valence-corrected chi connectivity index (χ2v) is 10.1. The molecule has 2 heterocycles. The molecule has 3 aliphatic rings. The third kappa shape index (κ3) is 5.47. The van der Waals surface area contributed by atoms with Crippen LogP contribution in [0.2, 0.25) is 10.0 Å². The summed E-state index contributed by atoms with van der Waals surface area (Å²) < 4.78 is 0. The lowest BCUT2D eigenvalue weighted by Gasteiger charge is -2.44. The van der Waals surface area contributed by atoms with Crippen molar-refractivity contribution in [3.63, 3.8) is 0 Å². The van der Waals surface area contributed by atoms with Crippen molar-refractivity contribution in [3.05, 3.63) is 33.8 Å². The van der Waals surface area contributed by atoms with Gasteiger partial charge in [-0.05, 0) is 37.0 Å². The Hall–Kier alpha value is -1.83. The van der Waals surface area contributed by atoms with Gasteiger partial charge >= 0.3 is 0 Å². The van der Waals surface area contributed by atoms with Gasteiger partial charge in [-0.2, -0.15) is 0 Å². The van der Waals surface area contributed by atoms with E-state index in [9.17, 15) is 14.4 Å². The molecule has 0 bridgehead atoms. The minimum absolute atomic E-state index is 0.0580. The molecule has 1 saturated carbocycles. The number of benzene rings is 1. The highest BCUT2D eigenvalue weighted by Crippen LogP contribution is 2.32. The molecule has 4 rings (SSSR count). The molecular formula is C24H32Cl2N4O3. The summed E-state index contributed by atoms with van der Waals surface area (Å²) in [5.41, 5.74) is 0.532. The summed E-state index contributed by atoms with van der Waals surface area (Å²) >= 11 is 12.1. The molecule has 1 aromatic rings. The van der Waals surface area contributed by atoms with Gasteiger partial charge in [-0.15, -0.1) is 0 Å². The summed E-state index contributed by atoms with van der Waals surface area (Å²) in [5.74, 6) is 0.560. The Balaban J connectivity index is 1.40. The first-order valence-electron chi connectivity index (χ1n) is 11.9. The van der Waals surface area contributed by atoms with Gasteiger partial charge in [-0.3, -0.25) is 19.3 Å². The molecule has 180 valence electrons. The minimum Gasteiger partial charge on any atom is -0.339 e. The molecule has 2 aliphatic heterocycles. The van der Waals surface area contributed by atoms with Crippen molar-refractivity contribution in [1.29, 1.82) is 0 Å². The summed E-state index contributed by atoms with van der Waals surface area (Å²) in [5, 5.41) is 0.804. The highest BCUT2D eigenvalue weighted by atomic mass is 35.5. The first kappa shape index (κ1) is 24.3. The Bertz CT molecular complexity index is 890. The van der Waals surface area contributed by atoms with Gasteiger partial charge in [-0.1, -0.05) is 36.0 Å². The number of carbonyl (C=O) groups excluding carboxylic acids is 3.